The Kier molecular flexibility index (Phi) is 8.82. The van der Waals surface area contributed by atoms with Crippen molar-refractivity contribution in [3.8, 4) is 11.5 Å². The normalized spacial score (nSPS) is 10.8. The fourth-order valence-corrected chi connectivity index (χ4v) is 3.08. The van der Waals surface area contributed by atoms with Crippen LogP contribution >= 0.6 is 34.8 Å². The van der Waals surface area contributed by atoms with Gasteiger partial charge < -0.3 is 20.1 Å². The van der Waals surface area contributed by atoms with Crippen molar-refractivity contribution in [1.82, 2.24) is 10.6 Å². The molecule has 0 spiro atoms. The molecule has 2 aromatic carbocycles. The number of rotatable bonds is 10. The summed E-state index contributed by atoms with van der Waals surface area (Å²) in [7, 11) is 3.55. The highest BCUT2D eigenvalue weighted by Crippen LogP contribution is 2.34. The van der Waals surface area contributed by atoms with Crippen molar-refractivity contribution in [3.05, 3.63) is 56.5 Å². The fraction of sp³-hybridized carbons (Fsp3) is 0.368. The second-order valence-corrected chi connectivity index (χ2v) is 7.00. The molecule has 4 nitrogen and oxygen atoms in total. The standard InChI is InChI=1S/C19H23Cl3N2O2/c1-23-6-3-7-24-11-14-8-18(25-2)19(10-17(14)22)26-12-13-4-5-15(20)9-16(13)21/h4-5,8-10,23-24H,3,6-7,11-12H2,1-2H3. The molecular weight excluding hydrogens is 395 g/mol. The van der Waals surface area contributed by atoms with E-state index in [1.54, 1.807) is 25.3 Å². The van der Waals surface area contributed by atoms with E-state index in [4.69, 9.17) is 44.3 Å². The summed E-state index contributed by atoms with van der Waals surface area (Å²) in [5.74, 6) is 1.20. The van der Waals surface area contributed by atoms with Gasteiger partial charge in [0.05, 0.1) is 7.11 Å². The minimum atomic E-state index is 0.296. The topological polar surface area (TPSA) is 42.5 Å². The third-order valence-electron chi connectivity index (χ3n) is 3.83. The zero-order valence-corrected chi connectivity index (χ0v) is 17.1. The quantitative estimate of drug-likeness (QED) is 0.538. The van der Waals surface area contributed by atoms with E-state index in [2.05, 4.69) is 10.6 Å². The van der Waals surface area contributed by atoms with Gasteiger partial charge in [-0.05, 0) is 50.3 Å². The zero-order chi connectivity index (χ0) is 18.9. The Morgan fingerprint density at radius 1 is 0.923 bits per heavy atom. The lowest BCUT2D eigenvalue weighted by Crippen LogP contribution is -2.19. The average Bonchev–Trinajstić information content (AvgIpc) is 2.62. The average molecular weight is 418 g/mol. The summed E-state index contributed by atoms with van der Waals surface area (Å²) in [4.78, 5) is 0. The smallest absolute Gasteiger partial charge is 0.163 e. The molecule has 0 atom stereocenters. The number of benzene rings is 2. The zero-order valence-electron chi connectivity index (χ0n) is 14.9. The van der Waals surface area contributed by atoms with Crippen LogP contribution in [0.1, 0.15) is 17.5 Å². The molecule has 0 heterocycles. The SMILES string of the molecule is CNCCCNCc1cc(OC)c(OCc2ccc(Cl)cc2Cl)cc1Cl. The largest absolute Gasteiger partial charge is 0.493 e. The van der Waals surface area contributed by atoms with Crippen molar-refractivity contribution in [2.75, 3.05) is 27.2 Å². The van der Waals surface area contributed by atoms with Gasteiger partial charge in [0.25, 0.3) is 0 Å². The van der Waals surface area contributed by atoms with Crippen molar-refractivity contribution >= 4 is 34.8 Å². The number of methoxy groups -OCH3 is 1. The molecule has 0 amide bonds. The van der Waals surface area contributed by atoms with Crippen LogP contribution in [0.3, 0.4) is 0 Å². The van der Waals surface area contributed by atoms with Gasteiger partial charge in [0, 0.05) is 33.2 Å². The van der Waals surface area contributed by atoms with Crippen molar-refractivity contribution in [1.29, 1.82) is 0 Å². The van der Waals surface area contributed by atoms with Crippen LogP contribution in [0.25, 0.3) is 0 Å². The third kappa shape index (κ3) is 6.22. The predicted octanol–water partition coefficient (Wildman–Crippen LogP) is 4.93. The summed E-state index contributed by atoms with van der Waals surface area (Å²) in [5.41, 5.74) is 1.80. The van der Waals surface area contributed by atoms with Crippen molar-refractivity contribution in [2.24, 2.45) is 0 Å². The molecule has 2 aromatic rings. The van der Waals surface area contributed by atoms with E-state index < -0.39 is 0 Å². The van der Waals surface area contributed by atoms with Crippen LogP contribution in [0.4, 0.5) is 0 Å². The third-order valence-corrected chi connectivity index (χ3v) is 4.77. The van der Waals surface area contributed by atoms with E-state index >= 15 is 0 Å². The molecule has 0 saturated heterocycles. The van der Waals surface area contributed by atoms with Crippen LogP contribution in [-0.2, 0) is 13.2 Å². The van der Waals surface area contributed by atoms with Crippen molar-refractivity contribution < 1.29 is 9.47 Å². The lowest BCUT2D eigenvalue weighted by molar-refractivity contribution is 0.284. The van der Waals surface area contributed by atoms with Gasteiger partial charge in [-0.25, -0.2) is 0 Å². The number of nitrogens with one attached hydrogen (secondary N) is 2. The summed E-state index contributed by atoms with van der Waals surface area (Å²) in [6.45, 7) is 2.85. The lowest BCUT2D eigenvalue weighted by atomic mass is 10.2. The van der Waals surface area contributed by atoms with Crippen LogP contribution in [0, 0.1) is 0 Å². The highest BCUT2D eigenvalue weighted by molar-refractivity contribution is 6.35. The first kappa shape index (κ1) is 21.1. The van der Waals surface area contributed by atoms with Gasteiger partial charge in [-0.2, -0.15) is 0 Å². The molecule has 0 radical (unpaired) electrons. The summed E-state index contributed by atoms with van der Waals surface area (Å²) >= 11 is 18.5. The Hall–Kier alpha value is -1.17. The Morgan fingerprint density at radius 2 is 1.69 bits per heavy atom. The summed E-state index contributed by atoms with van der Waals surface area (Å²) in [6, 6.07) is 8.97. The van der Waals surface area contributed by atoms with Gasteiger partial charge in [-0.1, -0.05) is 40.9 Å². The molecule has 2 N–H and O–H groups in total. The van der Waals surface area contributed by atoms with Crippen molar-refractivity contribution in [3.63, 3.8) is 0 Å². The van der Waals surface area contributed by atoms with Crippen LogP contribution in [-0.4, -0.2) is 27.2 Å². The fourth-order valence-electron chi connectivity index (χ4n) is 2.39. The Balaban J connectivity index is 2.03. The molecule has 0 aliphatic heterocycles. The molecule has 7 heteroatoms. The first-order chi connectivity index (χ1) is 12.5. The minimum Gasteiger partial charge on any atom is -0.493 e. The van der Waals surface area contributed by atoms with E-state index in [0.717, 1.165) is 30.6 Å². The van der Waals surface area contributed by atoms with E-state index in [9.17, 15) is 0 Å². The van der Waals surface area contributed by atoms with Crippen LogP contribution < -0.4 is 20.1 Å². The number of hydrogen-bond donors (Lipinski definition) is 2. The van der Waals surface area contributed by atoms with Crippen LogP contribution in [0.2, 0.25) is 15.1 Å². The van der Waals surface area contributed by atoms with E-state index in [1.807, 2.05) is 19.2 Å². The molecule has 0 aliphatic carbocycles. The molecular formula is C19H23Cl3N2O2. The molecule has 0 bridgehead atoms. The van der Waals surface area contributed by atoms with E-state index in [0.29, 0.717) is 39.7 Å². The highest BCUT2D eigenvalue weighted by Gasteiger charge is 2.12. The Morgan fingerprint density at radius 3 is 2.38 bits per heavy atom. The van der Waals surface area contributed by atoms with Gasteiger partial charge in [0.15, 0.2) is 11.5 Å². The number of halogens is 3. The molecule has 0 unspecified atom stereocenters. The van der Waals surface area contributed by atoms with Crippen LogP contribution in [0.15, 0.2) is 30.3 Å². The number of ether oxygens (including phenoxy) is 2. The minimum absolute atomic E-state index is 0.296. The van der Waals surface area contributed by atoms with Gasteiger partial charge in [0.1, 0.15) is 6.61 Å². The summed E-state index contributed by atoms with van der Waals surface area (Å²) in [6.07, 6.45) is 1.05. The van der Waals surface area contributed by atoms with Crippen LogP contribution in [0.5, 0.6) is 11.5 Å². The van der Waals surface area contributed by atoms with E-state index in [-0.39, 0.29) is 0 Å². The molecule has 0 fully saturated rings. The first-order valence-corrected chi connectivity index (χ1v) is 9.47. The maximum atomic E-state index is 6.40. The summed E-state index contributed by atoms with van der Waals surface area (Å²) in [5, 5.41) is 8.26. The molecule has 26 heavy (non-hydrogen) atoms. The molecule has 142 valence electrons. The maximum Gasteiger partial charge on any atom is 0.163 e. The Labute approximate surface area is 169 Å². The second-order valence-electron chi connectivity index (χ2n) is 5.75. The van der Waals surface area contributed by atoms with Gasteiger partial charge in [-0.3, -0.25) is 0 Å². The molecule has 0 aromatic heterocycles. The van der Waals surface area contributed by atoms with E-state index in [1.165, 1.54) is 0 Å². The molecule has 0 saturated carbocycles. The Bertz CT molecular complexity index is 726. The molecule has 0 aliphatic rings. The maximum absolute atomic E-state index is 6.40. The van der Waals surface area contributed by atoms with Gasteiger partial charge >= 0.3 is 0 Å². The predicted molar refractivity (Wildman–Crippen MR) is 109 cm³/mol. The van der Waals surface area contributed by atoms with Crippen molar-refractivity contribution in [2.45, 2.75) is 19.6 Å². The van der Waals surface area contributed by atoms with Gasteiger partial charge in [-0.15, -0.1) is 0 Å². The number of hydrogen-bond acceptors (Lipinski definition) is 4. The summed E-state index contributed by atoms with van der Waals surface area (Å²) < 4.78 is 11.3. The second kappa shape index (κ2) is 10.9. The highest BCUT2D eigenvalue weighted by atomic mass is 35.5. The lowest BCUT2D eigenvalue weighted by Gasteiger charge is -2.15. The monoisotopic (exact) mass is 416 g/mol. The van der Waals surface area contributed by atoms with Gasteiger partial charge in [0.2, 0.25) is 0 Å². The first-order valence-electron chi connectivity index (χ1n) is 8.33. The molecule has 2 rings (SSSR count).